The third-order valence-corrected chi connectivity index (χ3v) is 5.71. The molecule has 0 aliphatic carbocycles. The monoisotopic (exact) mass is 467 g/mol. The van der Waals surface area contributed by atoms with Gasteiger partial charge in [0, 0.05) is 13.6 Å². The first-order valence-electron chi connectivity index (χ1n) is 8.98. The molecule has 11 heteroatoms. The van der Waals surface area contributed by atoms with Gasteiger partial charge in [-0.15, -0.1) is 10.2 Å². The van der Waals surface area contributed by atoms with E-state index in [-0.39, 0.29) is 18.2 Å². The highest BCUT2D eigenvalue weighted by Crippen LogP contribution is 2.29. The molecule has 0 radical (unpaired) electrons. The number of anilines is 1. The Morgan fingerprint density at radius 2 is 1.93 bits per heavy atom. The highest BCUT2D eigenvalue weighted by Gasteiger charge is 2.19. The first-order valence-corrected chi connectivity index (χ1v) is 10.7. The zero-order valence-electron chi connectivity index (χ0n) is 16.3. The van der Waals surface area contributed by atoms with Crippen molar-refractivity contribution >= 4 is 52.5 Å². The summed E-state index contributed by atoms with van der Waals surface area (Å²) in [6.45, 7) is 2.44. The van der Waals surface area contributed by atoms with Gasteiger partial charge in [0.05, 0.1) is 34.3 Å². The zero-order valence-corrected chi connectivity index (χ0v) is 18.6. The van der Waals surface area contributed by atoms with Crippen molar-refractivity contribution in [1.82, 2.24) is 19.7 Å². The number of nitrogens with one attached hydrogen (secondary N) is 1. The molecular formula is C19H19Cl2N5O3S. The van der Waals surface area contributed by atoms with Crippen LogP contribution in [0, 0.1) is 0 Å². The molecule has 3 rings (SSSR count). The number of halogens is 2. The minimum Gasteiger partial charge on any atom is -0.461 e. The maximum absolute atomic E-state index is 12.5. The van der Waals surface area contributed by atoms with Crippen LogP contribution in [-0.4, -0.2) is 50.8 Å². The third-order valence-electron chi connectivity index (χ3n) is 4.13. The Bertz CT molecular complexity index is 1020. The molecule has 8 nitrogen and oxygen atoms in total. The second-order valence-corrected chi connectivity index (χ2v) is 7.97. The molecule has 0 spiro atoms. The summed E-state index contributed by atoms with van der Waals surface area (Å²) in [6, 6.07) is 8.49. The lowest BCUT2D eigenvalue weighted by molar-refractivity contribution is -0.131. The molecule has 158 valence electrons. The van der Waals surface area contributed by atoms with Gasteiger partial charge in [-0.3, -0.25) is 14.2 Å². The second-order valence-electron chi connectivity index (χ2n) is 6.21. The van der Waals surface area contributed by atoms with E-state index in [0.717, 1.165) is 0 Å². The average molecular weight is 468 g/mol. The predicted molar refractivity (Wildman–Crippen MR) is 117 cm³/mol. The van der Waals surface area contributed by atoms with Gasteiger partial charge in [-0.25, -0.2) is 0 Å². The minimum atomic E-state index is -0.400. The van der Waals surface area contributed by atoms with E-state index in [1.165, 1.54) is 16.7 Å². The fourth-order valence-corrected chi connectivity index (χ4v) is 4.04. The van der Waals surface area contributed by atoms with Crippen LogP contribution in [0.25, 0.3) is 11.6 Å². The number of amides is 2. The summed E-state index contributed by atoms with van der Waals surface area (Å²) in [6.07, 6.45) is 1.57. The van der Waals surface area contributed by atoms with Crippen molar-refractivity contribution in [3.05, 3.63) is 46.6 Å². The minimum absolute atomic E-state index is 0.104. The highest BCUT2D eigenvalue weighted by atomic mass is 35.5. The van der Waals surface area contributed by atoms with Gasteiger partial charge in [0.1, 0.15) is 0 Å². The summed E-state index contributed by atoms with van der Waals surface area (Å²) in [5.74, 6) is 0.678. The smallest absolute Gasteiger partial charge is 0.244 e. The summed E-state index contributed by atoms with van der Waals surface area (Å²) in [5.41, 5.74) is 0.322. The number of nitrogens with zero attached hydrogens (tertiary/aromatic N) is 4. The second kappa shape index (κ2) is 10.0. The van der Waals surface area contributed by atoms with Gasteiger partial charge in [-0.2, -0.15) is 0 Å². The van der Waals surface area contributed by atoms with E-state index in [4.69, 9.17) is 27.6 Å². The normalized spacial score (nSPS) is 10.8. The number of aromatic nitrogens is 3. The van der Waals surface area contributed by atoms with Crippen LogP contribution in [0.4, 0.5) is 5.69 Å². The lowest BCUT2D eigenvalue weighted by Crippen LogP contribution is -2.36. The lowest BCUT2D eigenvalue weighted by atomic mass is 10.3. The Hall–Kier alpha value is -2.49. The van der Waals surface area contributed by atoms with Gasteiger partial charge in [-0.1, -0.05) is 41.0 Å². The summed E-state index contributed by atoms with van der Waals surface area (Å²) in [4.78, 5) is 26.1. The maximum atomic E-state index is 12.5. The molecule has 1 aromatic carbocycles. The van der Waals surface area contributed by atoms with E-state index in [2.05, 4.69) is 15.5 Å². The van der Waals surface area contributed by atoms with Gasteiger partial charge in [0.2, 0.25) is 11.8 Å². The number of rotatable bonds is 8. The molecule has 0 bridgehead atoms. The number of para-hydroxylation sites is 1. The van der Waals surface area contributed by atoms with Gasteiger partial charge in [-0.05, 0) is 31.2 Å². The van der Waals surface area contributed by atoms with E-state index in [0.29, 0.717) is 39.0 Å². The van der Waals surface area contributed by atoms with Crippen LogP contribution < -0.4 is 5.32 Å². The third kappa shape index (κ3) is 5.16. The molecule has 0 saturated heterocycles. The van der Waals surface area contributed by atoms with Crippen molar-refractivity contribution in [2.45, 2.75) is 18.6 Å². The van der Waals surface area contributed by atoms with E-state index in [1.54, 1.807) is 43.6 Å². The molecule has 0 aliphatic heterocycles. The van der Waals surface area contributed by atoms with E-state index < -0.39 is 5.91 Å². The topological polar surface area (TPSA) is 93.3 Å². The zero-order chi connectivity index (χ0) is 21.7. The molecule has 30 heavy (non-hydrogen) atoms. The molecule has 0 fully saturated rings. The fraction of sp³-hybridized carbons (Fsp3) is 0.263. The number of hydrogen-bond acceptors (Lipinski definition) is 6. The summed E-state index contributed by atoms with van der Waals surface area (Å²) < 4.78 is 7.24. The molecule has 2 aromatic heterocycles. The van der Waals surface area contributed by atoms with E-state index >= 15 is 0 Å². The Morgan fingerprint density at radius 1 is 1.20 bits per heavy atom. The SMILES string of the molecule is CCn1c(SCC(=O)N(C)CC(=O)Nc2c(Cl)cccc2Cl)nnc1-c1ccco1. The van der Waals surface area contributed by atoms with Gasteiger partial charge in [0.15, 0.2) is 16.7 Å². The standard InChI is InChI=1S/C19H19Cl2N5O3S/c1-3-26-18(14-8-5-9-29-14)23-24-19(26)30-11-16(28)25(2)10-15(27)22-17-12(20)6-4-7-13(17)21/h4-9H,3,10-11H2,1-2H3,(H,22,27). The molecule has 2 amide bonds. The van der Waals surface area contributed by atoms with Crippen LogP contribution in [-0.2, 0) is 16.1 Å². The molecule has 0 saturated carbocycles. The maximum Gasteiger partial charge on any atom is 0.244 e. The Balaban J connectivity index is 1.57. The number of furan rings is 1. The fourth-order valence-electron chi connectivity index (χ4n) is 2.60. The first-order chi connectivity index (χ1) is 14.4. The number of benzene rings is 1. The van der Waals surface area contributed by atoms with Crippen LogP contribution in [0.2, 0.25) is 10.0 Å². The Morgan fingerprint density at radius 3 is 2.57 bits per heavy atom. The van der Waals surface area contributed by atoms with Gasteiger partial charge < -0.3 is 14.6 Å². The van der Waals surface area contributed by atoms with Crippen LogP contribution in [0.5, 0.6) is 0 Å². The summed E-state index contributed by atoms with van der Waals surface area (Å²) in [7, 11) is 1.55. The van der Waals surface area contributed by atoms with Crippen LogP contribution in [0.15, 0.2) is 46.2 Å². The van der Waals surface area contributed by atoms with E-state index in [1.807, 2.05) is 11.5 Å². The molecule has 3 aromatic rings. The Kier molecular flexibility index (Phi) is 7.41. The number of likely N-dealkylation sites (N-methyl/N-ethyl adjacent to an activating group) is 1. The molecule has 0 unspecified atom stereocenters. The van der Waals surface area contributed by atoms with Crippen LogP contribution in [0.3, 0.4) is 0 Å². The number of thioether (sulfide) groups is 1. The van der Waals surface area contributed by atoms with Gasteiger partial charge >= 0.3 is 0 Å². The molecule has 2 heterocycles. The largest absolute Gasteiger partial charge is 0.461 e. The van der Waals surface area contributed by atoms with Crippen molar-refractivity contribution < 1.29 is 14.0 Å². The molecule has 0 aliphatic rings. The van der Waals surface area contributed by atoms with Crippen molar-refractivity contribution in [2.75, 3.05) is 24.7 Å². The van der Waals surface area contributed by atoms with Crippen LogP contribution >= 0.6 is 35.0 Å². The van der Waals surface area contributed by atoms with Crippen LogP contribution in [0.1, 0.15) is 6.92 Å². The number of hydrogen-bond donors (Lipinski definition) is 1. The van der Waals surface area contributed by atoms with Crippen molar-refractivity contribution in [1.29, 1.82) is 0 Å². The average Bonchev–Trinajstić information content (AvgIpc) is 3.38. The predicted octanol–water partition coefficient (Wildman–Crippen LogP) is 4.05. The van der Waals surface area contributed by atoms with Crippen molar-refractivity contribution in [3.63, 3.8) is 0 Å². The summed E-state index contributed by atoms with van der Waals surface area (Å²) >= 11 is 13.4. The number of carbonyl (C=O) groups is 2. The van der Waals surface area contributed by atoms with Gasteiger partial charge in [0.25, 0.3) is 0 Å². The highest BCUT2D eigenvalue weighted by molar-refractivity contribution is 7.99. The summed E-state index contributed by atoms with van der Waals surface area (Å²) in [5, 5.41) is 12.2. The van der Waals surface area contributed by atoms with Crippen molar-refractivity contribution in [3.8, 4) is 11.6 Å². The molecule has 0 atom stereocenters. The number of carbonyl (C=O) groups excluding carboxylic acids is 2. The molecular weight excluding hydrogens is 449 g/mol. The van der Waals surface area contributed by atoms with E-state index in [9.17, 15) is 9.59 Å². The van der Waals surface area contributed by atoms with Crippen molar-refractivity contribution in [2.24, 2.45) is 0 Å². The first kappa shape index (κ1) is 22.2. The Labute approximate surface area is 187 Å². The lowest BCUT2D eigenvalue weighted by Gasteiger charge is -2.17. The quantitative estimate of drug-likeness (QED) is 0.502. The molecule has 1 N–H and O–H groups in total.